The molecule has 1 saturated heterocycles. The lowest BCUT2D eigenvalue weighted by Gasteiger charge is -2.27. The summed E-state index contributed by atoms with van der Waals surface area (Å²) in [7, 11) is 0. The van der Waals surface area contributed by atoms with Gasteiger partial charge in [-0.2, -0.15) is 20.1 Å². The Hall–Kier alpha value is -4.84. The fraction of sp³-hybridized carbons (Fsp3) is 0.167. The summed E-state index contributed by atoms with van der Waals surface area (Å²) in [5.41, 5.74) is 4.01. The predicted octanol–water partition coefficient (Wildman–Crippen LogP) is 4.07. The molecule has 3 heterocycles. The highest BCUT2D eigenvalue weighted by atomic mass is 16.6. The van der Waals surface area contributed by atoms with Crippen molar-refractivity contribution < 1.29 is 14.1 Å². The molecular formula is C24H22N8O4. The monoisotopic (exact) mass is 486 g/mol. The molecule has 0 saturated carbocycles. The molecule has 0 spiro atoms. The van der Waals surface area contributed by atoms with Crippen LogP contribution in [-0.2, 0) is 4.74 Å². The van der Waals surface area contributed by atoms with Crippen molar-refractivity contribution in [3.8, 4) is 11.3 Å². The molecule has 0 radical (unpaired) electrons. The van der Waals surface area contributed by atoms with Crippen molar-refractivity contribution in [2.75, 3.05) is 41.9 Å². The quantitative estimate of drug-likeness (QED) is 0.212. The van der Waals surface area contributed by atoms with Crippen molar-refractivity contribution in [1.29, 1.82) is 0 Å². The van der Waals surface area contributed by atoms with Crippen LogP contribution in [0.2, 0.25) is 0 Å². The van der Waals surface area contributed by atoms with Gasteiger partial charge in [0.05, 0.1) is 29.9 Å². The van der Waals surface area contributed by atoms with Gasteiger partial charge in [0.2, 0.25) is 17.8 Å². The summed E-state index contributed by atoms with van der Waals surface area (Å²) in [6.07, 6.45) is 1.45. The molecule has 2 aromatic heterocycles. The Morgan fingerprint density at radius 3 is 2.50 bits per heavy atom. The van der Waals surface area contributed by atoms with E-state index in [2.05, 4.69) is 30.8 Å². The maximum absolute atomic E-state index is 11.3. The minimum absolute atomic E-state index is 0.0345. The van der Waals surface area contributed by atoms with E-state index in [0.29, 0.717) is 55.3 Å². The Morgan fingerprint density at radius 1 is 0.944 bits per heavy atom. The third-order valence-corrected chi connectivity index (χ3v) is 5.30. The number of rotatable bonds is 8. The maximum Gasteiger partial charge on any atom is 0.280 e. The van der Waals surface area contributed by atoms with E-state index in [4.69, 9.17) is 9.15 Å². The summed E-state index contributed by atoms with van der Waals surface area (Å²) in [4.78, 5) is 26.3. The largest absolute Gasteiger partial charge is 0.455 e. The minimum atomic E-state index is -0.443. The van der Waals surface area contributed by atoms with Gasteiger partial charge < -0.3 is 19.4 Å². The summed E-state index contributed by atoms with van der Waals surface area (Å²) in [6, 6.07) is 19.3. The lowest BCUT2D eigenvalue weighted by atomic mass is 10.1. The number of nitrogens with one attached hydrogen (secondary N) is 2. The standard InChI is InChI=1S/C24H22N8O4/c33-32(34)20-9-5-4-8-19(20)21-11-10-18(36-21)16-25-30-23-27-22(26-17-6-2-1-3-7-17)28-24(29-23)31-12-14-35-15-13-31/h1-11,16H,12-15H2,(H2,26,27,28,29,30)/b25-16+. The van der Waals surface area contributed by atoms with Gasteiger partial charge >= 0.3 is 0 Å². The molecule has 0 atom stereocenters. The molecule has 0 aliphatic carbocycles. The van der Waals surface area contributed by atoms with Gasteiger partial charge in [-0.3, -0.25) is 10.1 Å². The van der Waals surface area contributed by atoms with Crippen molar-refractivity contribution >= 4 is 35.4 Å². The van der Waals surface area contributed by atoms with E-state index in [9.17, 15) is 10.1 Å². The maximum atomic E-state index is 11.3. The number of nitro benzene ring substituents is 1. The molecular weight excluding hydrogens is 464 g/mol. The van der Waals surface area contributed by atoms with Crippen molar-refractivity contribution in [1.82, 2.24) is 15.0 Å². The number of nitro groups is 1. The molecule has 36 heavy (non-hydrogen) atoms. The number of para-hydroxylation sites is 2. The van der Waals surface area contributed by atoms with Crippen LogP contribution in [0.4, 0.5) is 29.2 Å². The molecule has 182 valence electrons. The number of morpholine rings is 1. The zero-order valence-corrected chi connectivity index (χ0v) is 19.1. The zero-order chi connectivity index (χ0) is 24.7. The van der Waals surface area contributed by atoms with E-state index in [1.54, 1.807) is 30.3 Å². The molecule has 12 nitrogen and oxygen atoms in total. The average molecular weight is 486 g/mol. The van der Waals surface area contributed by atoms with E-state index < -0.39 is 4.92 Å². The number of furan rings is 1. The SMILES string of the molecule is O=[N+]([O-])c1ccccc1-c1ccc(/C=N/Nc2nc(Nc3ccccc3)nc(N3CCOCC3)n2)o1. The summed E-state index contributed by atoms with van der Waals surface area (Å²) in [6.45, 7) is 2.51. The van der Waals surface area contributed by atoms with E-state index in [1.165, 1.54) is 12.3 Å². The molecule has 2 N–H and O–H groups in total. The molecule has 2 aromatic carbocycles. The third-order valence-electron chi connectivity index (χ3n) is 5.30. The van der Waals surface area contributed by atoms with Gasteiger partial charge in [0, 0.05) is 24.8 Å². The third kappa shape index (κ3) is 5.45. The number of hydrogen-bond donors (Lipinski definition) is 2. The number of nitrogens with zero attached hydrogens (tertiary/aromatic N) is 6. The van der Waals surface area contributed by atoms with Crippen LogP contribution in [0.15, 0.2) is 76.2 Å². The van der Waals surface area contributed by atoms with Gasteiger partial charge in [0.1, 0.15) is 11.5 Å². The molecule has 12 heteroatoms. The first-order valence-electron chi connectivity index (χ1n) is 11.2. The number of benzene rings is 2. The molecule has 1 fully saturated rings. The zero-order valence-electron chi connectivity index (χ0n) is 19.1. The van der Waals surface area contributed by atoms with E-state index in [1.807, 2.05) is 35.2 Å². The molecule has 0 amide bonds. The first-order chi connectivity index (χ1) is 17.7. The normalized spacial score (nSPS) is 13.6. The van der Waals surface area contributed by atoms with E-state index in [-0.39, 0.29) is 11.6 Å². The van der Waals surface area contributed by atoms with Crippen molar-refractivity contribution in [3.05, 3.63) is 82.6 Å². The molecule has 5 rings (SSSR count). The Balaban J connectivity index is 1.35. The molecule has 4 aromatic rings. The lowest BCUT2D eigenvalue weighted by molar-refractivity contribution is -0.384. The Morgan fingerprint density at radius 2 is 1.69 bits per heavy atom. The van der Waals surface area contributed by atoms with Crippen molar-refractivity contribution in [2.45, 2.75) is 0 Å². The summed E-state index contributed by atoms with van der Waals surface area (Å²) >= 11 is 0. The molecule has 1 aliphatic heterocycles. The summed E-state index contributed by atoms with van der Waals surface area (Å²) < 4.78 is 11.2. The van der Waals surface area contributed by atoms with Gasteiger partial charge in [0.15, 0.2) is 0 Å². The summed E-state index contributed by atoms with van der Waals surface area (Å²) in [5, 5.41) is 18.7. The second kappa shape index (κ2) is 10.6. The first kappa shape index (κ1) is 22.9. The number of ether oxygens (including phenoxy) is 1. The van der Waals surface area contributed by atoms with Crippen LogP contribution < -0.4 is 15.6 Å². The highest BCUT2D eigenvalue weighted by Gasteiger charge is 2.18. The molecule has 1 aliphatic rings. The fourth-order valence-electron chi connectivity index (χ4n) is 3.59. The van der Waals surface area contributed by atoms with Crippen LogP contribution in [0.25, 0.3) is 11.3 Å². The van der Waals surface area contributed by atoms with Gasteiger partial charge in [-0.25, -0.2) is 5.43 Å². The predicted molar refractivity (Wildman–Crippen MR) is 135 cm³/mol. The number of hydrazone groups is 1. The van der Waals surface area contributed by atoms with E-state index in [0.717, 1.165) is 5.69 Å². The Kier molecular flexibility index (Phi) is 6.76. The van der Waals surface area contributed by atoms with Crippen LogP contribution in [0.1, 0.15) is 5.76 Å². The van der Waals surface area contributed by atoms with E-state index >= 15 is 0 Å². The molecule has 0 bridgehead atoms. The molecule has 0 unspecified atom stereocenters. The second-order valence-electron chi connectivity index (χ2n) is 7.72. The first-order valence-corrected chi connectivity index (χ1v) is 11.2. The Labute approximate surface area is 205 Å². The second-order valence-corrected chi connectivity index (χ2v) is 7.72. The fourth-order valence-corrected chi connectivity index (χ4v) is 3.59. The topological polar surface area (TPSA) is 144 Å². The van der Waals surface area contributed by atoms with Gasteiger partial charge in [0.25, 0.3) is 5.69 Å². The highest BCUT2D eigenvalue weighted by molar-refractivity contribution is 5.79. The number of anilines is 4. The van der Waals surface area contributed by atoms with Crippen LogP contribution in [0.3, 0.4) is 0 Å². The lowest BCUT2D eigenvalue weighted by Crippen LogP contribution is -2.37. The summed E-state index contributed by atoms with van der Waals surface area (Å²) in [5.74, 6) is 1.88. The smallest absolute Gasteiger partial charge is 0.280 e. The Bertz CT molecular complexity index is 1370. The van der Waals surface area contributed by atoms with Gasteiger partial charge in [-0.05, 0) is 30.3 Å². The van der Waals surface area contributed by atoms with Crippen LogP contribution in [0, 0.1) is 10.1 Å². The van der Waals surface area contributed by atoms with Gasteiger partial charge in [-0.1, -0.05) is 30.3 Å². The number of hydrogen-bond acceptors (Lipinski definition) is 11. The minimum Gasteiger partial charge on any atom is -0.455 e. The van der Waals surface area contributed by atoms with Crippen LogP contribution in [0.5, 0.6) is 0 Å². The van der Waals surface area contributed by atoms with Crippen molar-refractivity contribution in [2.24, 2.45) is 5.10 Å². The van der Waals surface area contributed by atoms with Crippen molar-refractivity contribution in [3.63, 3.8) is 0 Å². The number of aromatic nitrogens is 3. The van der Waals surface area contributed by atoms with Gasteiger partial charge in [-0.15, -0.1) is 0 Å². The highest BCUT2D eigenvalue weighted by Crippen LogP contribution is 2.30. The average Bonchev–Trinajstić information content (AvgIpc) is 3.38. The van der Waals surface area contributed by atoms with Crippen LogP contribution >= 0.6 is 0 Å². The van der Waals surface area contributed by atoms with Crippen LogP contribution in [-0.4, -0.2) is 52.4 Å².